The zero-order valence-electron chi connectivity index (χ0n) is 8.78. The fourth-order valence-electron chi connectivity index (χ4n) is 1.13. The van der Waals surface area contributed by atoms with E-state index in [-0.39, 0.29) is 5.56 Å². The molecule has 0 aromatic carbocycles. The van der Waals surface area contributed by atoms with Gasteiger partial charge < -0.3 is 10.4 Å². The van der Waals surface area contributed by atoms with Crippen LogP contribution in [-0.2, 0) is 0 Å². The van der Waals surface area contributed by atoms with Gasteiger partial charge >= 0.3 is 0 Å². The van der Waals surface area contributed by atoms with Gasteiger partial charge in [-0.2, -0.15) is 16.9 Å². The molecular formula is C9H15N3O2S. The maximum atomic E-state index is 10.9. The molecule has 0 aliphatic rings. The molecule has 0 spiro atoms. The molecule has 1 aromatic heterocycles. The number of anilines is 1. The predicted octanol–water partition coefficient (Wildman–Crippen LogP) is 0.296. The summed E-state index contributed by atoms with van der Waals surface area (Å²) in [5.74, 6) is 0.636. The van der Waals surface area contributed by atoms with Crippen LogP contribution >= 0.6 is 11.8 Å². The van der Waals surface area contributed by atoms with Crippen LogP contribution in [0.5, 0.6) is 0 Å². The van der Waals surface area contributed by atoms with E-state index in [0.29, 0.717) is 18.0 Å². The van der Waals surface area contributed by atoms with Gasteiger partial charge in [0.05, 0.1) is 17.5 Å². The molecule has 1 atom stereocenters. The van der Waals surface area contributed by atoms with E-state index in [1.807, 2.05) is 6.26 Å². The van der Waals surface area contributed by atoms with Crippen molar-refractivity contribution in [3.63, 3.8) is 0 Å². The highest BCUT2D eigenvalue weighted by Crippen LogP contribution is 2.11. The Balaban J connectivity index is 2.53. The van der Waals surface area contributed by atoms with Crippen LogP contribution in [0.2, 0.25) is 0 Å². The smallest absolute Gasteiger partial charge is 0.266 e. The fraction of sp³-hybridized carbons (Fsp3) is 0.556. The van der Waals surface area contributed by atoms with Gasteiger partial charge in [0.1, 0.15) is 0 Å². The molecular weight excluding hydrogens is 214 g/mol. The van der Waals surface area contributed by atoms with Gasteiger partial charge in [-0.05, 0) is 13.2 Å². The van der Waals surface area contributed by atoms with Crippen LogP contribution in [0, 0.1) is 0 Å². The maximum Gasteiger partial charge on any atom is 0.266 e. The normalized spacial score (nSPS) is 14.6. The highest BCUT2D eigenvalue weighted by atomic mass is 32.2. The molecule has 6 heteroatoms. The van der Waals surface area contributed by atoms with Crippen LogP contribution in [0.4, 0.5) is 5.69 Å². The summed E-state index contributed by atoms with van der Waals surface area (Å²) in [5, 5.41) is 18.7. The lowest BCUT2D eigenvalue weighted by Gasteiger charge is -2.22. The van der Waals surface area contributed by atoms with Gasteiger partial charge in [0.15, 0.2) is 0 Å². The number of thioether (sulfide) groups is 1. The summed E-state index contributed by atoms with van der Waals surface area (Å²) < 4.78 is 0. The van der Waals surface area contributed by atoms with Gasteiger partial charge in [0.2, 0.25) is 0 Å². The van der Waals surface area contributed by atoms with E-state index < -0.39 is 5.60 Å². The summed E-state index contributed by atoms with van der Waals surface area (Å²) in [4.78, 5) is 10.9. The second-order valence-electron chi connectivity index (χ2n) is 3.62. The van der Waals surface area contributed by atoms with Gasteiger partial charge in [-0.25, -0.2) is 5.10 Å². The molecule has 0 fully saturated rings. The molecule has 15 heavy (non-hydrogen) atoms. The van der Waals surface area contributed by atoms with E-state index in [1.54, 1.807) is 18.7 Å². The van der Waals surface area contributed by atoms with E-state index in [4.69, 9.17) is 0 Å². The number of H-pyrrole nitrogens is 1. The van der Waals surface area contributed by atoms with Crippen molar-refractivity contribution >= 4 is 17.4 Å². The number of aliphatic hydroxyl groups is 1. The minimum Gasteiger partial charge on any atom is -0.387 e. The van der Waals surface area contributed by atoms with Crippen molar-refractivity contribution in [2.24, 2.45) is 0 Å². The third kappa shape index (κ3) is 4.35. The molecule has 3 N–H and O–H groups in total. The topological polar surface area (TPSA) is 78.0 Å². The van der Waals surface area contributed by atoms with Crippen molar-refractivity contribution in [1.82, 2.24) is 10.2 Å². The van der Waals surface area contributed by atoms with Crippen LogP contribution < -0.4 is 10.9 Å². The van der Waals surface area contributed by atoms with Crippen molar-refractivity contribution in [2.45, 2.75) is 12.5 Å². The Morgan fingerprint density at radius 1 is 1.73 bits per heavy atom. The van der Waals surface area contributed by atoms with Crippen LogP contribution in [0.25, 0.3) is 0 Å². The van der Waals surface area contributed by atoms with Gasteiger partial charge in [0.25, 0.3) is 5.56 Å². The molecule has 0 aliphatic carbocycles. The summed E-state index contributed by atoms with van der Waals surface area (Å²) in [7, 11) is 0. The molecule has 1 heterocycles. The molecule has 1 aromatic rings. The minimum absolute atomic E-state index is 0.260. The molecule has 1 unspecified atom stereocenters. The number of hydrogen-bond donors (Lipinski definition) is 3. The van der Waals surface area contributed by atoms with Crippen LogP contribution in [0.15, 0.2) is 17.1 Å². The Bertz CT molecular complexity index is 364. The van der Waals surface area contributed by atoms with Crippen LogP contribution in [-0.4, -0.2) is 39.5 Å². The zero-order chi connectivity index (χ0) is 11.3. The van der Waals surface area contributed by atoms with E-state index in [0.717, 1.165) is 0 Å². The van der Waals surface area contributed by atoms with Gasteiger partial charge in [-0.1, -0.05) is 0 Å². The minimum atomic E-state index is -0.790. The average Bonchev–Trinajstić information content (AvgIpc) is 2.15. The Kier molecular flexibility index (Phi) is 4.16. The van der Waals surface area contributed by atoms with E-state index in [2.05, 4.69) is 15.5 Å². The molecule has 84 valence electrons. The van der Waals surface area contributed by atoms with E-state index in [1.165, 1.54) is 12.3 Å². The highest BCUT2D eigenvalue weighted by molar-refractivity contribution is 7.98. The second-order valence-corrected chi connectivity index (χ2v) is 4.48. The Labute approximate surface area is 92.3 Å². The number of hydrogen-bond acceptors (Lipinski definition) is 5. The van der Waals surface area contributed by atoms with Crippen molar-refractivity contribution in [1.29, 1.82) is 0 Å². The number of aromatic amines is 1. The predicted molar refractivity (Wildman–Crippen MR) is 62.4 cm³/mol. The molecule has 5 nitrogen and oxygen atoms in total. The fourth-order valence-corrected chi connectivity index (χ4v) is 1.85. The highest BCUT2D eigenvalue weighted by Gasteiger charge is 2.18. The summed E-state index contributed by atoms with van der Waals surface area (Å²) in [6, 6.07) is 1.40. The molecule has 0 aliphatic heterocycles. The summed E-state index contributed by atoms with van der Waals surface area (Å²) >= 11 is 1.57. The van der Waals surface area contributed by atoms with Crippen molar-refractivity contribution in [2.75, 3.05) is 23.9 Å². The van der Waals surface area contributed by atoms with Crippen molar-refractivity contribution in [3.8, 4) is 0 Å². The zero-order valence-corrected chi connectivity index (χ0v) is 9.60. The quantitative estimate of drug-likeness (QED) is 0.676. The summed E-state index contributed by atoms with van der Waals surface area (Å²) in [5.41, 5.74) is -0.438. The molecule has 0 saturated carbocycles. The number of nitrogens with one attached hydrogen (secondary N) is 2. The molecule has 0 bridgehead atoms. The molecule has 0 radical (unpaired) electrons. The molecule has 1 rings (SSSR count). The average molecular weight is 229 g/mol. The Morgan fingerprint density at radius 2 is 2.47 bits per heavy atom. The van der Waals surface area contributed by atoms with E-state index >= 15 is 0 Å². The lowest BCUT2D eigenvalue weighted by Crippen LogP contribution is -2.36. The monoisotopic (exact) mass is 229 g/mol. The Hall–Kier alpha value is -1.01. The number of aromatic nitrogens is 2. The van der Waals surface area contributed by atoms with Gasteiger partial charge in [0, 0.05) is 18.4 Å². The van der Waals surface area contributed by atoms with Gasteiger partial charge in [-0.3, -0.25) is 4.79 Å². The number of nitrogens with zero attached hydrogens (tertiary/aromatic N) is 1. The maximum absolute atomic E-state index is 10.9. The molecule has 0 amide bonds. The first-order valence-corrected chi connectivity index (χ1v) is 5.93. The third-order valence-electron chi connectivity index (χ3n) is 1.79. The van der Waals surface area contributed by atoms with Crippen molar-refractivity contribution < 1.29 is 5.11 Å². The lowest BCUT2D eigenvalue weighted by atomic mass is 10.1. The standard InChI is InChI=1S/C9H15N3O2S/c1-9(14,6-15-2)5-10-7-3-8(13)12-11-4-7/h3-4,14H,5-6H2,1-2H3,(H2,10,12,13). The first-order valence-electron chi connectivity index (χ1n) is 4.53. The summed E-state index contributed by atoms with van der Waals surface area (Å²) in [6.07, 6.45) is 3.44. The third-order valence-corrected chi connectivity index (χ3v) is 2.70. The second kappa shape index (κ2) is 5.18. The molecule has 0 saturated heterocycles. The SMILES string of the molecule is CSCC(C)(O)CNc1cn[nH]c(=O)c1. The Morgan fingerprint density at radius 3 is 3.07 bits per heavy atom. The van der Waals surface area contributed by atoms with Crippen molar-refractivity contribution in [3.05, 3.63) is 22.6 Å². The van der Waals surface area contributed by atoms with E-state index in [9.17, 15) is 9.90 Å². The van der Waals surface area contributed by atoms with Crippen LogP contribution in [0.1, 0.15) is 6.92 Å². The first kappa shape index (κ1) is 12.1. The lowest BCUT2D eigenvalue weighted by molar-refractivity contribution is 0.0997. The van der Waals surface area contributed by atoms with Gasteiger partial charge in [-0.15, -0.1) is 0 Å². The van der Waals surface area contributed by atoms with Crippen LogP contribution in [0.3, 0.4) is 0 Å². The largest absolute Gasteiger partial charge is 0.387 e. The first-order chi connectivity index (χ1) is 7.03. The summed E-state index contributed by atoms with van der Waals surface area (Å²) in [6.45, 7) is 2.13. The number of rotatable bonds is 5.